The highest BCUT2D eigenvalue weighted by molar-refractivity contribution is 6.06. The number of benzene rings is 1. The lowest BCUT2D eigenvalue weighted by Crippen LogP contribution is -2.30. The predicted molar refractivity (Wildman–Crippen MR) is 148 cm³/mol. The molecule has 4 aromatic heterocycles. The van der Waals surface area contributed by atoms with E-state index in [1.165, 1.54) is 0 Å². The summed E-state index contributed by atoms with van der Waals surface area (Å²) in [4.78, 5) is 44.0. The van der Waals surface area contributed by atoms with Crippen LogP contribution < -0.4 is 5.32 Å². The van der Waals surface area contributed by atoms with Crippen molar-refractivity contribution in [3.8, 4) is 22.6 Å². The Labute approximate surface area is 219 Å². The molecular formula is C28H30N8O2. The van der Waals surface area contributed by atoms with Crippen LogP contribution in [0.2, 0.25) is 0 Å². The van der Waals surface area contributed by atoms with Crippen LogP contribution in [-0.2, 0) is 4.79 Å². The van der Waals surface area contributed by atoms with E-state index in [2.05, 4.69) is 30.5 Å². The Morgan fingerprint density at radius 2 is 1.84 bits per heavy atom. The van der Waals surface area contributed by atoms with Crippen LogP contribution in [-0.4, -0.2) is 59.9 Å². The summed E-state index contributed by atoms with van der Waals surface area (Å²) >= 11 is 0. The normalized spacial score (nSPS) is 11.4. The Morgan fingerprint density at radius 1 is 1.05 bits per heavy atom. The van der Waals surface area contributed by atoms with Crippen LogP contribution in [0.15, 0.2) is 48.9 Å². The van der Waals surface area contributed by atoms with Gasteiger partial charge >= 0.3 is 0 Å². The number of hydrogen-bond donors (Lipinski definition) is 3. The summed E-state index contributed by atoms with van der Waals surface area (Å²) in [7, 11) is 0. The number of aromatic nitrogens is 6. The van der Waals surface area contributed by atoms with Crippen molar-refractivity contribution in [1.82, 2.24) is 35.0 Å². The van der Waals surface area contributed by atoms with E-state index in [4.69, 9.17) is 4.98 Å². The van der Waals surface area contributed by atoms with Crippen LogP contribution in [0.5, 0.6) is 0 Å². The average Bonchev–Trinajstić information content (AvgIpc) is 3.52. The molecule has 38 heavy (non-hydrogen) atoms. The molecule has 0 spiro atoms. The third-order valence-electron chi connectivity index (χ3n) is 6.38. The number of nitrogens with one attached hydrogen (secondary N) is 3. The number of rotatable bonds is 8. The molecule has 0 aliphatic rings. The molecule has 0 aliphatic carbocycles. The second kappa shape index (κ2) is 10.4. The van der Waals surface area contributed by atoms with Gasteiger partial charge in [-0.2, -0.15) is 5.10 Å². The van der Waals surface area contributed by atoms with E-state index in [-0.39, 0.29) is 17.7 Å². The van der Waals surface area contributed by atoms with Gasteiger partial charge in [0.15, 0.2) is 11.5 Å². The SMILES string of the molecule is CCN(CC)C(=O)c1cccc2[nH]c(-c3n[nH]c4ncc(-c5cncc(NC(=O)CC(C)C)c5)cc34)nc12. The number of fused-ring (bicyclic) bond motifs is 2. The predicted octanol–water partition coefficient (Wildman–Crippen LogP) is 5.03. The number of para-hydroxylation sites is 1. The average molecular weight is 511 g/mol. The lowest BCUT2D eigenvalue weighted by atomic mass is 10.1. The molecule has 0 radical (unpaired) electrons. The molecule has 10 heteroatoms. The maximum Gasteiger partial charge on any atom is 0.256 e. The first-order valence-corrected chi connectivity index (χ1v) is 12.8. The van der Waals surface area contributed by atoms with E-state index >= 15 is 0 Å². The van der Waals surface area contributed by atoms with E-state index in [1.54, 1.807) is 29.6 Å². The molecule has 3 N–H and O–H groups in total. The molecule has 0 unspecified atom stereocenters. The van der Waals surface area contributed by atoms with Crippen molar-refractivity contribution in [3.05, 3.63) is 54.5 Å². The van der Waals surface area contributed by atoms with Gasteiger partial charge in [-0.05, 0) is 44.0 Å². The standard InChI is InChI=1S/C28H30N8O2/c1-5-36(6-2)28(38)20-8-7-9-22-24(20)33-27(32-22)25-21-12-18(14-30-26(21)35-34-25)17-11-19(15-29-13-17)31-23(37)10-16(3)4/h7-9,11-16H,5-6,10H2,1-4H3,(H,31,37)(H,32,33)(H,30,34,35). The Hall–Kier alpha value is -4.60. The van der Waals surface area contributed by atoms with Crippen molar-refractivity contribution in [1.29, 1.82) is 0 Å². The molecule has 1 aromatic carbocycles. The summed E-state index contributed by atoms with van der Waals surface area (Å²) < 4.78 is 0. The smallest absolute Gasteiger partial charge is 0.256 e. The van der Waals surface area contributed by atoms with Crippen molar-refractivity contribution in [2.45, 2.75) is 34.1 Å². The minimum atomic E-state index is -0.0534. The molecule has 0 atom stereocenters. The molecule has 5 aromatic rings. The maximum absolute atomic E-state index is 13.1. The molecule has 5 rings (SSSR count). The molecule has 0 saturated carbocycles. The number of pyridine rings is 2. The Bertz CT molecular complexity index is 1630. The largest absolute Gasteiger partial charge is 0.339 e. The van der Waals surface area contributed by atoms with Gasteiger partial charge in [-0.25, -0.2) is 9.97 Å². The zero-order valence-electron chi connectivity index (χ0n) is 21.9. The molecule has 0 bridgehead atoms. The number of imidazole rings is 1. The number of nitrogens with zero attached hydrogens (tertiary/aromatic N) is 5. The topological polar surface area (TPSA) is 133 Å². The first kappa shape index (κ1) is 25.1. The van der Waals surface area contributed by atoms with Gasteiger partial charge in [-0.1, -0.05) is 19.9 Å². The summed E-state index contributed by atoms with van der Waals surface area (Å²) in [6.45, 7) is 9.18. The molecule has 4 heterocycles. The number of anilines is 1. The Kier molecular flexibility index (Phi) is 6.87. The van der Waals surface area contributed by atoms with Crippen molar-refractivity contribution < 1.29 is 9.59 Å². The summed E-state index contributed by atoms with van der Waals surface area (Å²) in [5, 5.41) is 11.1. The molecular weight excluding hydrogens is 480 g/mol. The number of amides is 2. The highest BCUT2D eigenvalue weighted by Crippen LogP contribution is 2.30. The van der Waals surface area contributed by atoms with Crippen LogP contribution >= 0.6 is 0 Å². The third-order valence-corrected chi connectivity index (χ3v) is 6.38. The third kappa shape index (κ3) is 4.84. The zero-order valence-corrected chi connectivity index (χ0v) is 21.9. The van der Waals surface area contributed by atoms with Gasteiger partial charge < -0.3 is 15.2 Å². The van der Waals surface area contributed by atoms with Crippen molar-refractivity contribution in [3.63, 3.8) is 0 Å². The van der Waals surface area contributed by atoms with Crippen LogP contribution in [0.3, 0.4) is 0 Å². The second-order valence-electron chi connectivity index (χ2n) is 9.57. The number of aromatic amines is 2. The van der Waals surface area contributed by atoms with Gasteiger partial charge in [0.05, 0.1) is 28.4 Å². The molecule has 194 valence electrons. The summed E-state index contributed by atoms with van der Waals surface area (Å²) in [6, 6.07) is 9.39. The van der Waals surface area contributed by atoms with Crippen LogP contribution in [0.25, 0.3) is 44.7 Å². The fourth-order valence-electron chi connectivity index (χ4n) is 4.49. The summed E-state index contributed by atoms with van der Waals surface area (Å²) in [5.41, 5.74) is 5.38. The van der Waals surface area contributed by atoms with Crippen LogP contribution in [0.4, 0.5) is 5.69 Å². The minimum absolute atomic E-state index is 0.0478. The highest BCUT2D eigenvalue weighted by Gasteiger charge is 2.20. The second-order valence-corrected chi connectivity index (χ2v) is 9.57. The molecule has 0 saturated heterocycles. The van der Waals surface area contributed by atoms with Gasteiger partial charge in [0, 0.05) is 43.0 Å². The van der Waals surface area contributed by atoms with Crippen molar-refractivity contribution >= 4 is 39.6 Å². The van der Waals surface area contributed by atoms with Gasteiger partial charge in [-0.3, -0.25) is 19.7 Å². The summed E-state index contributed by atoms with van der Waals surface area (Å²) in [5.74, 6) is 0.704. The first-order valence-electron chi connectivity index (χ1n) is 12.8. The van der Waals surface area contributed by atoms with E-state index in [0.29, 0.717) is 53.4 Å². The van der Waals surface area contributed by atoms with E-state index in [1.807, 2.05) is 52.0 Å². The van der Waals surface area contributed by atoms with Crippen LogP contribution in [0.1, 0.15) is 44.5 Å². The monoisotopic (exact) mass is 510 g/mol. The van der Waals surface area contributed by atoms with Crippen LogP contribution in [0, 0.1) is 5.92 Å². The lowest BCUT2D eigenvalue weighted by Gasteiger charge is -2.18. The van der Waals surface area contributed by atoms with E-state index in [0.717, 1.165) is 22.0 Å². The molecule has 0 aliphatic heterocycles. The van der Waals surface area contributed by atoms with Gasteiger partial charge in [-0.15, -0.1) is 0 Å². The zero-order chi connectivity index (χ0) is 26.8. The fraction of sp³-hybridized carbons (Fsp3) is 0.286. The van der Waals surface area contributed by atoms with Crippen molar-refractivity contribution in [2.24, 2.45) is 5.92 Å². The van der Waals surface area contributed by atoms with Gasteiger partial charge in [0.1, 0.15) is 11.2 Å². The number of carbonyl (C=O) groups excluding carboxylic acids is 2. The number of H-pyrrole nitrogens is 2. The number of carbonyl (C=O) groups is 2. The van der Waals surface area contributed by atoms with Gasteiger partial charge in [0.2, 0.25) is 5.91 Å². The van der Waals surface area contributed by atoms with E-state index in [9.17, 15) is 9.59 Å². The lowest BCUT2D eigenvalue weighted by molar-refractivity contribution is -0.116. The van der Waals surface area contributed by atoms with E-state index < -0.39 is 0 Å². The first-order chi connectivity index (χ1) is 18.4. The Morgan fingerprint density at radius 3 is 2.61 bits per heavy atom. The minimum Gasteiger partial charge on any atom is -0.339 e. The Balaban J connectivity index is 1.51. The summed E-state index contributed by atoms with van der Waals surface area (Å²) in [6.07, 6.45) is 5.53. The van der Waals surface area contributed by atoms with Gasteiger partial charge in [0.25, 0.3) is 5.91 Å². The maximum atomic E-state index is 13.1. The molecule has 0 fully saturated rings. The quantitative estimate of drug-likeness (QED) is 0.268. The highest BCUT2D eigenvalue weighted by atomic mass is 16.2. The fourth-order valence-corrected chi connectivity index (χ4v) is 4.49. The number of hydrogen-bond acceptors (Lipinski definition) is 6. The molecule has 2 amide bonds. The van der Waals surface area contributed by atoms with Crippen molar-refractivity contribution in [2.75, 3.05) is 18.4 Å². The molecule has 10 nitrogen and oxygen atoms in total.